The third kappa shape index (κ3) is 5.23. The lowest BCUT2D eigenvalue weighted by molar-refractivity contribution is 0.0191. The lowest BCUT2D eigenvalue weighted by Gasteiger charge is -2.42. The van der Waals surface area contributed by atoms with Crippen molar-refractivity contribution in [2.45, 2.75) is 38.5 Å². The predicted molar refractivity (Wildman–Crippen MR) is 114 cm³/mol. The van der Waals surface area contributed by atoms with Gasteiger partial charge < -0.3 is 19.9 Å². The molecule has 9 nitrogen and oxygen atoms in total. The lowest BCUT2D eigenvalue weighted by Crippen LogP contribution is -2.62. The average Bonchev–Trinajstić information content (AvgIpc) is 2.61. The van der Waals surface area contributed by atoms with Crippen molar-refractivity contribution in [2.24, 2.45) is 0 Å². The maximum atomic E-state index is 12.9. The Balaban J connectivity index is 1.48. The number of nitrogens with one attached hydrogen (secondary N) is 1. The molecule has 0 unspecified atom stereocenters. The fourth-order valence-electron chi connectivity index (χ4n) is 3.29. The molecule has 1 aromatic rings. The zero-order valence-electron chi connectivity index (χ0n) is 17.9. The number of aryl methyl sites for hydroxylation is 1. The SMILES string of the molecule is Cc1ccc(NC(=O)N2CC(S(=O)(=O)N3CCN(C(=O)OC(C)(C)C)CC3)C2)cc1. The Kier molecular flexibility index (Phi) is 6.28. The number of rotatable bonds is 3. The Morgan fingerprint density at radius 1 is 1.00 bits per heavy atom. The van der Waals surface area contributed by atoms with Crippen LogP contribution in [0.4, 0.5) is 15.3 Å². The number of likely N-dealkylation sites (tertiary alicyclic amines) is 1. The number of nitrogens with zero attached hydrogens (tertiary/aromatic N) is 3. The second-order valence-corrected chi connectivity index (χ2v) is 10.9. The molecule has 0 radical (unpaired) electrons. The van der Waals surface area contributed by atoms with Gasteiger partial charge in [0.15, 0.2) is 0 Å². The van der Waals surface area contributed by atoms with E-state index in [9.17, 15) is 18.0 Å². The number of sulfonamides is 1. The molecule has 0 bridgehead atoms. The number of ether oxygens (including phenoxy) is 1. The van der Waals surface area contributed by atoms with Gasteiger partial charge in [0.25, 0.3) is 0 Å². The Bertz CT molecular complexity index is 881. The highest BCUT2D eigenvalue weighted by Gasteiger charge is 2.44. The molecular formula is C20H30N4O5S. The molecule has 0 spiro atoms. The third-order valence-electron chi connectivity index (χ3n) is 5.11. The van der Waals surface area contributed by atoms with Crippen molar-refractivity contribution in [3.8, 4) is 0 Å². The van der Waals surface area contributed by atoms with Crippen LogP contribution >= 0.6 is 0 Å². The highest BCUT2D eigenvalue weighted by molar-refractivity contribution is 7.89. The van der Waals surface area contributed by atoms with Gasteiger partial charge in [0, 0.05) is 45.0 Å². The van der Waals surface area contributed by atoms with Gasteiger partial charge in [0.05, 0.1) is 0 Å². The highest BCUT2D eigenvalue weighted by Crippen LogP contribution is 2.23. The zero-order chi connectivity index (χ0) is 22.1. The molecule has 2 heterocycles. The van der Waals surface area contributed by atoms with Crippen molar-refractivity contribution >= 4 is 27.8 Å². The van der Waals surface area contributed by atoms with Gasteiger partial charge in [-0.1, -0.05) is 17.7 Å². The van der Waals surface area contributed by atoms with Gasteiger partial charge in [0.1, 0.15) is 10.9 Å². The summed E-state index contributed by atoms with van der Waals surface area (Å²) < 4.78 is 32.5. The molecule has 2 aliphatic rings. The van der Waals surface area contributed by atoms with E-state index in [1.54, 1.807) is 20.8 Å². The van der Waals surface area contributed by atoms with Gasteiger partial charge >= 0.3 is 12.1 Å². The van der Waals surface area contributed by atoms with E-state index in [0.29, 0.717) is 18.8 Å². The van der Waals surface area contributed by atoms with Gasteiger partial charge in [-0.3, -0.25) is 0 Å². The molecule has 0 aliphatic carbocycles. The van der Waals surface area contributed by atoms with Crippen LogP contribution < -0.4 is 5.32 Å². The fraction of sp³-hybridized carbons (Fsp3) is 0.600. The molecule has 3 amide bonds. The first-order valence-corrected chi connectivity index (χ1v) is 11.6. The molecule has 10 heteroatoms. The van der Waals surface area contributed by atoms with E-state index >= 15 is 0 Å². The van der Waals surface area contributed by atoms with Crippen LogP contribution in [0, 0.1) is 6.92 Å². The molecule has 2 fully saturated rings. The van der Waals surface area contributed by atoms with E-state index in [4.69, 9.17) is 4.74 Å². The molecule has 1 N–H and O–H groups in total. The third-order valence-corrected chi connectivity index (χ3v) is 7.34. The van der Waals surface area contributed by atoms with Crippen LogP contribution in [0.25, 0.3) is 0 Å². The maximum absolute atomic E-state index is 12.9. The van der Waals surface area contributed by atoms with Crippen LogP contribution in [-0.4, -0.2) is 84.8 Å². The molecule has 30 heavy (non-hydrogen) atoms. The first-order valence-electron chi connectivity index (χ1n) is 10.1. The fourth-order valence-corrected chi connectivity index (χ4v) is 5.12. The van der Waals surface area contributed by atoms with Gasteiger partial charge in [-0.25, -0.2) is 18.0 Å². The Morgan fingerprint density at radius 3 is 2.10 bits per heavy atom. The predicted octanol–water partition coefficient (Wildman–Crippen LogP) is 2.09. The number of anilines is 1. The number of piperazine rings is 1. The Labute approximate surface area is 178 Å². The summed E-state index contributed by atoms with van der Waals surface area (Å²) in [6.45, 7) is 8.70. The minimum atomic E-state index is -3.52. The Hall–Kier alpha value is -2.33. The summed E-state index contributed by atoms with van der Waals surface area (Å²) in [4.78, 5) is 27.5. The van der Waals surface area contributed by atoms with Crippen molar-refractivity contribution in [1.29, 1.82) is 0 Å². The van der Waals surface area contributed by atoms with E-state index in [1.807, 2.05) is 31.2 Å². The van der Waals surface area contributed by atoms with Crippen LogP contribution in [0.1, 0.15) is 26.3 Å². The van der Waals surface area contributed by atoms with Gasteiger partial charge in [-0.2, -0.15) is 4.31 Å². The van der Waals surface area contributed by atoms with Crippen LogP contribution in [0.5, 0.6) is 0 Å². The lowest BCUT2D eigenvalue weighted by atomic mass is 10.2. The monoisotopic (exact) mass is 438 g/mol. The molecule has 0 atom stereocenters. The topological polar surface area (TPSA) is 99.3 Å². The molecule has 0 aromatic heterocycles. The van der Waals surface area contributed by atoms with E-state index < -0.39 is 27.0 Å². The molecule has 0 saturated carbocycles. The molecule has 2 saturated heterocycles. The second kappa shape index (κ2) is 8.43. The van der Waals surface area contributed by atoms with Gasteiger partial charge in [-0.15, -0.1) is 0 Å². The summed E-state index contributed by atoms with van der Waals surface area (Å²) in [5.74, 6) is 0. The molecule has 166 valence electrons. The van der Waals surface area contributed by atoms with E-state index in [-0.39, 0.29) is 32.2 Å². The zero-order valence-corrected chi connectivity index (χ0v) is 18.7. The summed E-state index contributed by atoms with van der Waals surface area (Å²) in [6.07, 6.45) is -0.429. The Morgan fingerprint density at radius 2 is 1.57 bits per heavy atom. The van der Waals surface area contributed by atoms with Gasteiger partial charge in [-0.05, 0) is 39.8 Å². The first-order chi connectivity index (χ1) is 14.0. The van der Waals surface area contributed by atoms with E-state index in [1.165, 1.54) is 14.1 Å². The average molecular weight is 439 g/mol. The van der Waals surface area contributed by atoms with E-state index in [2.05, 4.69) is 5.32 Å². The number of hydrogen-bond donors (Lipinski definition) is 1. The van der Waals surface area contributed by atoms with Crippen molar-refractivity contribution in [1.82, 2.24) is 14.1 Å². The first kappa shape index (κ1) is 22.4. The number of benzene rings is 1. The van der Waals surface area contributed by atoms with Crippen LogP contribution in [0.2, 0.25) is 0 Å². The van der Waals surface area contributed by atoms with Crippen LogP contribution in [-0.2, 0) is 14.8 Å². The number of carbonyl (C=O) groups is 2. The van der Waals surface area contributed by atoms with Crippen molar-refractivity contribution in [2.75, 3.05) is 44.6 Å². The largest absolute Gasteiger partial charge is 0.444 e. The highest BCUT2D eigenvalue weighted by atomic mass is 32.2. The summed E-state index contributed by atoms with van der Waals surface area (Å²) in [5, 5.41) is 2.16. The summed E-state index contributed by atoms with van der Waals surface area (Å²) >= 11 is 0. The minimum absolute atomic E-state index is 0.159. The van der Waals surface area contributed by atoms with E-state index in [0.717, 1.165) is 5.56 Å². The van der Waals surface area contributed by atoms with Crippen molar-refractivity contribution in [3.05, 3.63) is 29.8 Å². The summed E-state index contributed by atoms with van der Waals surface area (Å²) in [7, 11) is -3.52. The van der Waals surface area contributed by atoms with Crippen molar-refractivity contribution in [3.63, 3.8) is 0 Å². The summed E-state index contributed by atoms with van der Waals surface area (Å²) in [6, 6.07) is 7.11. The smallest absolute Gasteiger partial charge is 0.410 e. The molecule has 2 aliphatic heterocycles. The molecule has 1 aromatic carbocycles. The standard InChI is InChI=1S/C20H30N4O5S/c1-15-5-7-16(8-6-15)21-18(25)23-13-17(14-23)30(27,28)24-11-9-22(10-12-24)19(26)29-20(2,3)4/h5-8,17H,9-14H2,1-4H3,(H,21,25). The molecular weight excluding hydrogens is 408 g/mol. The minimum Gasteiger partial charge on any atom is -0.444 e. The van der Waals surface area contributed by atoms with Crippen LogP contribution in [0.15, 0.2) is 24.3 Å². The van der Waals surface area contributed by atoms with Crippen LogP contribution in [0.3, 0.4) is 0 Å². The van der Waals surface area contributed by atoms with Crippen molar-refractivity contribution < 1.29 is 22.7 Å². The van der Waals surface area contributed by atoms with Gasteiger partial charge in [0.2, 0.25) is 10.0 Å². The number of carbonyl (C=O) groups excluding carboxylic acids is 2. The molecule has 3 rings (SSSR count). The maximum Gasteiger partial charge on any atom is 0.410 e. The second-order valence-electron chi connectivity index (χ2n) is 8.73. The quantitative estimate of drug-likeness (QED) is 0.779. The number of hydrogen-bond acceptors (Lipinski definition) is 5. The normalized spacial score (nSPS) is 18.7. The number of amides is 3. The number of urea groups is 1. The summed E-state index contributed by atoms with van der Waals surface area (Å²) in [5.41, 5.74) is 1.18.